The summed E-state index contributed by atoms with van der Waals surface area (Å²) in [4.78, 5) is 0. The minimum Gasteiger partial charge on any atom is -0.359 e. The van der Waals surface area contributed by atoms with E-state index in [1.54, 1.807) is 7.11 Å². The molecule has 0 heterocycles. The molecule has 0 bridgehead atoms. The molecule has 72 valence electrons. The van der Waals surface area contributed by atoms with E-state index in [0.717, 1.165) is 10.0 Å². The van der Waals surface area contributed by atoms with Crippen molar-refractivity contribution in [2.75, 3.05) is 13.9 Å². The van der Waals surface area contributed by atoms with Crippen LogP contribution >= 0.6 is 38.5 Å². The standard InChI is InChI=1S/C9H10BrIO2/c1-12-6-13-5-7-3-2-4-8(11)9(7)10/h2-4H,5-6H2,1H3. The fourth-order valence-corrected chi connectivity index (χ4v) is 1.83. The number of hydrogen-bond donors (Lipinski definition) is 0. The van der Waals surface area contributed by atoms with Crippen LogP contribution in [0.5, 0.6) is 0 Å². The second-order valence-electron chi connectivity index (χ2n) is 2.47. The van der Waals surface area contributed by atoms with Crippen LogP contribution in [-0.2, 0) is 16.1 Å². The summed E-state index contributed by atoms with van der Waals surface area (Å²) in [6.45, 7) is 0.906. The first kappa shape index (κ1) is 11.4. The van der Waals surface area contributed by atoms with Gasteiger partial charge in [-0.25, -0.2) is 0 Å². The Hall–Kier alpha value is 0.350. The number of halogens is 2. The van der Waals surface area contributed by atoms with Crippen molar-refractivity contribution in [3.05, 3.63) is 31.8 Å². The molecule has 0 saturated carbocycles. The second-order valence-corrected chi connectivity index (χ2v) is 4.42. The lowest BCUT2D eigenvalue weighted by Crippen LogP contribution is -1.98. The van der Waals surface area contributed by atoms with Crippen LogP contribution in [0.1, 0.15) is 5.56 Å². The fourth-order valence-electron chi connectivity index (χ4n) is 0.895. The Morgan fingerprint density at radius 2 is 2.23 bits per heavy atom. The van der Waals surface area contributed by atoms with Gasteiger partial charge in [0.25, 0.3) is 0 Å². The van der Waals surface area contributed by atoms with Crippen LogP contribution in [0.25, 0.3) is 0 Å². The van der Waals surface area contributed by atoms with E-state index < -0.39 is 0 Å². The molecule has 0 aliphatic rings. The summed E-state index contributed by atoms with van der Waals surface area (Å²) in [6.07, 6.45) is 0. The molecule has 0 fully saturated rings. The van der Waals surface area contributed by atoms with Crippen LogP contribution < -0.4 is 0 Å². The molecule has 0 N–H and O–H groups in total. The number of methoxy groups -OCH3 is 1. The summed E-state index contributed by atoms with van der Waals surface area (Å²) in [5.74, 6) is 0. The number of ether oxygens (including phenoxy) is 2. The molecule has 0 spiro atoms. The SMILES string of the molecule is COCOCc1cccc(I)c1Br. The first-order chi connectivity index (χ1) is 6.25. The maximum atomic E-state index is 5.25. The first-order valence-corrected chi connectivity index (χ1v) is 5.62. The first-order valence-electron chi connectivity index (χ1n) is 3.75. The molecule has 0 saturated heterocycles. The lowest BCUT2D eigenvalue weighted by atomic mass is 10.2. The quantitative estimate of drug-likeness (QED) is 0.468. The Morgan fingerprint density at radius 1 is 1.46 bits per heavy atom. The molecule has 0 radical (unpaired) electrons. The van der Waals surface area contributed by atoms with Gasteiger partial charge in [-0.1, -0.05) is 12.1 Å². The third kappa shape index (κ3) is 3.53. The number of hydrogen-bond acceptors (Lipinski definition) is 2. The van der Waals surface area contributed by atoms with E-state index in [4.69, 9.17) is 9.47 Å². The van der Waals surface area contributed by atoms with Crippen LogP contribution in [0.4, 0.5) is 0 Å². The van der Waals surface area contributed by atoms with Gasteiger partial charge >= 0.3 is 0 Å². The Balaban J connectivity index is 2.61. The molecule has 4 heteroatoms. The Labute approximate surface area is 99.9 Å². The Kier molecular flexibility index (Phi) is 5.23. The Bertz CT molecular complexity index is 278. The van der Waals surface area contributed by atoms with Gasteiger partial charge in [-0.15, -0.1) is 0 Å². The van der Waals surface area contributed by atoms with Gasteiger partial charge in [0.2, 0.25) is 0 Å². The molecule has 2 nitrogen and oxygen atoms in total. The number of rotatable bonds is 4. The smallest absolute Gasteiger partial charge is 0.146 e. The van der Waals surface area contributed by atoms with E-state index in [1.165, 1.54) is 3.57 Å². The molecule has 0 aliphatic carbocycles. The van der Waals surface area contributed by atoms with E-state index in [2.05, 4.69) is 38.5 Å². The normalized spacial score (nSPS) is 10.4. The summed E-state index contributed by atoms with van der Waals surface area (Å²) >= 11 is 5.78. The highest BCUT2D eigenvalue weighted by atomic mass is 127. The van der Waals surface area contributed by atoms with Crippen LogP contribution in [-0.4, -0.2) is 13.9 Å². The van der Waals surface area contributed by atoms with Crippen molar-refractivity contribution in [2.45, 2.75) is 6.61 Å². The topological polar surface area (TPSA) is 18.5 Å². The van der Waals surface area contributed by atoms with Gasteiger partial charge in [0, 0.05) is 15.2 Å². The zero-order chi connectivity index (χ0) is 9.68. The van der Waals surface area contributed by atoms with Crippen molar-refractivity contribution in [1.82, 2.24) is 0 Å². The second kappa shape index (κ2) is 5.95. The monoisotopic (exact) mass is 356 g/mol. The maximum Gasteiger partial charge on any atom is 0.146 e. The van der Waals surface area contributed by atoms with Gasteiger partial charge < -0.3 is 9.47 Å². The minimum atomic E-state index is 0.331. The predicted molar refractivity (Wildman–Crippen MR) is 63.5 cm³/mol. The zero-order valence-corrected chi connectivity index (χ0v) is 11.0. The van der Waals surface area contributed by atoms with Gasteiger partial charge in [-0.3, -0.25) is 0 Å². The van der Waals surface area contributed by atoms with Crippen molar-refractivity contribution in [3.8, 4) is 0 Å². The molecular formula is C9H10BrIO2. The maximum absolute atomic E-state index is 5.25. The summed E-state index contributed by atoms with van der Waals surface area (Å²) in [6, 6.07) is 6.09. The Morgan fingerprint density at radius 3 is 2.92 bits per heavy atom. The molecular weight excluding hydrogens is 347 g/mol. The van der Waals surface area contributed by atoms with Crippen LogP contribution in [0, 0.1) is 3.57 Å². The van der Waals surface area contributed by atoms with E-state index >= 15 is 0 Å². The van der Waals surface area contributed by atoms with Crippen molar-refractivity contribution in [3.63, 3.8) is 0 Å². The lowest BCUT2D eigenvalue weighted by Gasteiger charge is -2.06. The summed E-state index contributed by atoms with van der Waals surface area (Å²) in [7, 11) is 1.61. The molecule has 0 aliphatic heterocycles. The van der Waals surface area contributed by atoms with Gasteiger partial charge in [0.05, 0.1) is 6.61 Å². The molecule has 0 aromatic heterocycles. The van der Waals surface area contributed by atoms with E-state index in [9.17, 15) is 0 Å². The number of benzene rings is 1. The van der Waals surface area contributed by atoms with Crippen LogP contribution in [0.3, 0.4) is 0 Å². The van der Waals surface area contributed by atoms with Gasteiger partial charge in [0.15, 0.2) is 0 Å². The molecule has 13 heavy (non-hydrogen) atoms. The van der Waals surface area contributed by atoms with Crippen molar-refractivity contribution < 1.29 is 9.47 Å². The highest BCUT2D eigenvalue weighted by molar-refractivity contribution is 14.1. The van der Waals surface area contributed by atoms with Crippen LogP contribution in [0.15, 0.2) is 22.7 Å². The highest BCUT2D eigenvalue weighted by Crippen LogP contribution is 2.23. The highest BCUT2D eigenvalue weighted by Gasteiger charge is 2.02. The summed E-state index contributed by atoms with van der Waals surface area (Å²) < 4.78 is 12.3. The van der Waals surface area contributed by atoms with Crippen molar-refractivity contribution in [1.29, 1.82) is 0 Å². The fraction of sp³-hybridized carbons (Fsp3) is 0.333. The third-order valence-electron chi connectivity index (χ3n) is 1.49. The minimum absolute atomic E-state index is 0.331. The summed E-state index contributed by atoms with van der Waals surface area (Å²) in [5.41, 5.74) is 1.14. The molecule has 1 aromatic rings. The molecule has 1 aromatic carbocycles. The van der Waals surface area contributed by atoms with E-state index in [1.807, 2.05) is 18.2 Å². The average molecular weight is 357 g/mol. The van der Waals surface area contributed by atoms with Gasteiger partial charge in [-0.2, -0.15) is 0 Å². The molecule has 0 atom stereocenters. The van der Waals surface area contributed by atoms with Crippen molar-refractivity contribution in [2.24, 2.45) is 0 Å². The van der Waals surface area contributed by atoms with E-state index in [-0.39, 0.29) is 0 Å². The van der Waals surface area contributed by atoms with Crippen LogP contribution in [0.2, 0.25) is 0 Å². The largest absolute Gasteiger partial charge is 0.359 e. The van der Waals surface area contributed by atoms with Gasteiger partial charge in [0.1, 0.15) is 6.79 Å². The molecule has 0 unspecified atom stereocenters. The zero-order valence-electron chi connectivity index (χ0n) is 7.22. The lowest BCUT2D eigenvalue weighted by molar-refractivity contribution is -0.0392. The van der Waals surface area contributed by atoms with Gasteiger partial charge in [-0.05, 0) is 50.2 Å². The molecule has 0 amide bonds. The van der Waals surface area contributed by atoms with E-state index in [0.29, 0.717) is 13.4 Å². The summed E-state index contributed by atoms with van der Waals surface area (Å²) in [5, 5.41) is 0. The third-order valence-corrected chi connectivity index (χ3v) is 4.07. The van der Waals surface area contributed by atoms with Crippen molar-refractivity contribution >= 4 is 38.5 Å². The molecule has 1 rings (SSSR count). The average Bonchev–Trinajstić information content (AvgIpc) is 2.13. The predicted octanol–water partition coefficient (Wildman–Crippen LogP) is 3.17.